The molecule has 6 atom stereocenters. The smallest absolute Gasteiger partial charge is 0.315 e. The molecule has 13 nitrogen and oxygen atoms in total. The maximum absolute atomic E-state index is 14.5. The number of benzene rings is 1. The molecule has 0 aromatic heterocycles. The molecule has 2 aliphatic carbocycles. The third-order valence-corrected chi connectivity index (χ3v) is 13.8. The van der Waals surface area contributed by atoms with Crippen LogP contribution in [0.1, 0.15) is 92.1 Å². The van der Waals surface area contributed by atoms with Crippen molar-refractivity contribution in [3.8, 4) is 0 Å². The Morgan fingerprint density at radius 1 is 1.02 bits per heavy atom. The first-order valence-corrected chi connectivity index (χ1v) is 20.6. The fourth-order valence-electron chi connectivity index (χ4n) is 8.73. The number of ketones is 1. The number of hydrogen-bond donors (Lipinski definition) is 4. The first kappa shape index (κ1) is 40.4. The van der Waals surface area contributed by atoms with Crippen molar-refractivity contribution >= 4 is 39.6 Å². The van der Waals surface area contributed by atoms with E-state index in [0.29, 0.717) is 13.0 Å². The monoisotopic (exact) mass is 754 g/mol. The molecule has 53 heavy (non-hydrogen) atoms. The van der Waals surface area contributed by atoms with Crippen LogP contribution in [0.4, 0.5) is 4.79 Å². The average Bonchev–Trinajstić information content (AvgIpc) is 3.37. The molecular weight excluding hydrogens is 697 g/mol. The number of fused-ring (bicyclic) bond motifs is 2. The average molecular weight is 755 g/mol. The molecule has 0 bridgehead atoms. The number of carbonyl (C=O) groups excluding carboxylic acids is 5. The Kier molecular flexibility index (Phi) is 12.1. The van der Waals surface area contributed by atoms with Gasteiger partial charge in [-0.2, -0.15) is 4.31 Å². The lowest BCUT2D eigenvalue weighted by molar-refractivity contribution is -0.145. The van der Waals surface area contributed by atoms with Crippen molar-refractivity contribution in [1.82, 2.24) is 30.5 Å². The molecule has 0 radical (unpaired) electrons. The molecule has 0 spiro atoms. The summed E-state index contributed by atoms with van der Waals surface area (Å²) in [6.45, 7) is 15.8. The van der Waals surface area contributed by atoms with Gasteiger partial charge in [0.15, 0.2) is 0 Å². The minimum atomic E-state index is -3.72. The highest BCUT2D eigenvalue weighted by molar-refractivity contribution is 7.89. The normalized spacial score (nSPS) is 24.9. The van der Waals surface area contributed by atoms with Crippen LogP contribution in [0.5, 0.6) is 0 Å². The predicted octanol–water partition coefficient (Wildman–Crippen LogP) is 3.49. The van der Waals surface area contributed by atoms with E-state index in [1.54, 1.807) is 12.1 Å². The van der Waals surface area contributed by atoms with E-state index in [4.69, 9.17) is 0 Å². The minimum absolute atomic E-state index is 0.0510. The van der Waals surface area contributed by atoms with E-state index in [-0.39, 0.29) is 54.1 Å². The van der Waals surface area contributed by atoms with Gasteiger partial charge in [0.1, 0.15) is 12.1 Å². The second-order valence-corrected chi connectivity index (χ2v) is 18.8. The number of hydrogen-bond acceptors (Lipinski definition) is 7. The molecular formula is C39H58N6O7S. The van der Waals surface area contributed by atoms with Crippen LogP contribution in [-0.2, 0) is 35.7 Å². The summed E-state index contributed by atoms with van der Waals surface area (Å²) in [5, 5.41) is 11.3. The van der Waals surface area contributed by atoms with Gasteiger partial charge in [-0.3, -0.25) is 19.2 Å². The van der Waals surface area contributed by atoms with Gasteiger partial charge in [0.05, 0.1) is 10.9 Å². The first-order valence-electron chi connectivity index (χ1n) is 19.1. The molecule has 2 heterocycles. The van der Waals surface area contributed by atoms with Gasteiger partial charge in [0.25, 0.3) is 5.91 Å². The van der Waals surface area contributed by atoms with Crippen molar-refractivity contribution in [3.63, 3.8) is 0 Å². The third-order valence-electron chi connectivity index (χ3n) is 11.9. The van der Waals surface area contributed by atoms with E-state index in [9.17, 15) is 32.4 Å². The summed E-state index contributed by atoms with van der Waals surface area (Å²) >= 11 is 0. The van der Waals surface area contributed by atoms with Gasteiger partial charge >= 0.3 is 6.03 Å². The van der Waals surface area contributed by atoms with Crippen LogP contribution in [0, 0.1) is 28.6 Å². The number of Topliss-reactive ketones (excluding diaryl/α,β-unsaturated/α-hetero) is 1. The van der Waals surface area contributed by atoms with Crippen molar-refractivity contribution in [2.45, 2.75) is 122 Å². The fraction of sp³-hybridized carbons (Fsp3) is 0.667. The van der Waals surface area contributed by atoms with Crippen LogP contribution in [0.15, 0.2) is 41.8 Å². The fourth-order valence-corrected chi connectivity index (χ4v) is 10.4. The van der Waals surface area contributed by atoms with Crippen LogP contribution >= 0.6 is 0 Å². The summed E-state index contributed by atoms with van der Waals surface area (Å²) < 4.78 is 28.4. The molecule has 4 N–H and O–H groups in total. The molecule has 1 aromatic rings. The molecule has 1 saturated heterocycles. The summed E-state index contributed by atoms with van der Waals surface area (Å²) in [4.78, 5) is 69.9. The van der Waals surface area contributed by atoms with E-state index >= 15 is 0 Å². The van der Waals surface area contributed by atoms with Gasteiger partial charge < -0.3 is 26.2 Å². The van der Waals surface area contributed by atoms with Crippen LogP contribution in [0.3, 0.4) is 0 Å². The zero-order valence-corrected chi connectivity index (χ0v) is 32.9. The SMILES string of the molecule is C=CCNC(=O)C(=O)C(CCC)NC(=O)[C@@H]1[C@@H]2[C@H](CN1C(=O)[C@@H](NC(=O)N[C@H](CN1Cc3ccccc3S1(=O)=O)C1CCCCC1)C(C)(C)C)C2(C)C. The van der Waals surface area contributed by atoms with Gasteiger partial charge in [-0.25, -0.2) is 13.2 Å². The minimum Gasteiger partial charge on any atom is -0.346 e. The summed E-state index contributed by atoms with van der Waals surface area (Å²) in [7, 11) is -3.72. The number of carbonyl (C=O) groups is 5. The number of nitrogens with zero attached hydrogens (tertiary/aromatic N) is 2. The lowest BCUT2D eigenvalue weighted by Gasteiger charge is -2.38. The molecule has 1 aromatic carbocycles. The van der Waals surface area contributed by atoms with Gasteiger partial charge in [-0.15, -0.1) is 6.58 Å². The highest BCUT2D eigenvalue weighted by Gasteiger charge is 2.70. The quantitative estimate of drug-likeness (QED) is 0.166. The van der Waals surface area contributed by atoms with Gasteiger partial charge in [-0.05, 0) is 59.5 Å². The van der Waals surface area contributed by atoms with E-state index in [2.05, 4.69) is 41.7 Å². The van der Waals surface area contributed by atoms with Crippen LogP contribution < -0.4 is 21.3 Å². The third kappa shape index (κ3) is 8.48. The van der Waals surface area contributed by atoms with E-state index in [1.165, 1.54) is 15.3 Å². The molecule has 2 aliphatic heterocycles. The van der Waals surface area contributed by atoms with Crippen molar-refractivity contribution in [2.75, 3.05) is 19.6 Å². The zero-order valence-electron chi connectivity index (χ0n) is 32.1. The summed E-state index contributed by atoms with van der Waals surface area (Å²) in [6.07, 6.45) is 7.03. The topological polar surface area (TPSA) is 174 Å². The van der Waals surface area contributed by atoms with Crippen LogP contribution in [0.25, 0.3) is 0 Å². The van der Waals surface area contributed by atoms with Gasteiger partial charge in [-0.1, -0.05) is 91.5 Å². The lowest BCUT2D eigenvalue weighted by Crippen LogP contribution is -2.62. The Morgan fingerprint density at radius 3 is 2.32 bits per heavy atom. The van der Waals surface area contributed by atoms with E-state index in [0.717, 1.165) is 37.7 Å². The van der Waals surface area contributed by atoms with Crippen molar-refractivity contribution in [2.24, 2.45) is 28.6 Å². The molecule has 5 amide bonds. The van der Waals surface area contributed by atoms with E-state index in [1.807, 2.05) is 39.8 Å². The van der Waals surface area contributed by atoms with Crippen molar-refractivity contribution in [1.29, 1.82) is 0 Å². The molecule has 3 fully saturated rings. The largest absolute Gasteiger partial charge is 0.346 e. The second kappa shape index (κ2) is 15.9. The maximum Gasteiger partial charge on any atom is 0.315 e. The molecule has 292 valence electrons. The predicted molar refractivity (Wildman–Crippen MR) is 201 cm³/mol. The standard InChI is InChI=1S/C39H58N6O7S/c1-8-15-27(32(46)35(48)40-20-9-2)41-34(47)31-30-26(39(30,6)7)22-45(31)36(49)33(38(3,4)5)43-37(50)42-28(24-16-11-10-12-17-24)23-44-21-25-18-13-14-19-29(25)53(44,51)52/h9,13-14,18-19,24,26-28,30-31,33H,2,8,10-12,15-17,20-23H2,1,3-7H3,(H,40,48)(H,41,47)(H2,42,43,50)/t26-,27?,28+,30-,31-,33+/m0/s1. The number of piperidine rings is 1. The Hall–Kier alpha value is -3.78. The Bertz CT molecular complexity index is 1700. The maximum atomic E-state index is 14.5. The molecule has 2 saturated carbocycles. The number of amides is 5. The number of sulfonamides is 1. The first-order chi connectivity index (χ1) is 24.9. The number of likely N-dealkylation sites (tertiary alicyclic amines) is 1. The second-order valence-electron chi connectivity index (χ2n) is 16.9. The highest BCUT2D eigenvalue weighted by atomic mass is 32.2. The van der Waals surface area contributed by atoms with Crippen LogP contribution in [-0.4, -0.2) is 91.0 Å². The van der Waals surface area contributed by atoms with Gasteiger partial charge in [0.2, 0.25) is 27.6 Å². The van der Waals surface area contributed by atoms with Crippen LogP contribution in [0.2, 0.25) is 0 Å². The summed E-state index contributed by atoms with van der Waals surface area (Å²) in [6, 6.07) is 2.92. The summed E-state index contributed by atoms with van der Waals surface area (Å²) in [5.41, 5.74) is -0.249. The Labute approximate surface area is 314 Å². The Morgan fingerprint density at radius 2 is 1.70 bits per heavy atom. The number of urea groups is 1. The zero-order chi connectivity index (χ0) is 38.9. The molecule has 14 heteroatoms. The Balaban J connectivity index is 1.33. The lowest BCUT2D eigenvalue weighted by atomic mass is 9.83. The highest BCUT2D eigenvalue weighted by Crippen LogP contribution is 2.65. The molecule has 5 rings (SSSR count). The molecule has 4 aliphatic rings. The number of rotatable bonds is 14. The van der Waals surface area contributed by atoms with Crippen molar-refractivity contribution in [3.05, 3.63) is 42.5 Å². The number of nitrogens with one attached hydrogen (secondary N) is 4. The summed E-state index contributed by atoms with van der Waals surface area (Å²) in [5.74, 6) is -2.52. The molecule has 1 unspecified atom stereocenters. The van der Waals surface area contributed by atoms with Crippen molar-refractivity contribution < 1.29 is 32.4 Å². The van der Waals surface area contributed by atoms with E-state index < -0.39 is 69.1 Å². The van der Waals surface area contributed by atoms with Gasteiger partial charge in [0, 0.05) is 32.2 Å².